The molecule has 0 aliphatic carbocycles. The summed E-state index contributed by atoms with van der Waals surface area (Å²) in [5.74, 6) is -0.102. The van der Waals surface area contributed by atoms with E-state index in [1.165, 1.54) is 4.57 Å². The van der Waals surface area contributed by atoms with Gasteiger partial charge in [-0.2, -0.15) is 0 Å². The summed E-state index contributed by atoms with van der Waals surface area (Å²) < 4.78 is 2.91. The quantitative estimate of drug-likeness (QED) is 0.531. The molecule has 0 saturated carbocycles. The fraction of sp³-hybridized carbons (Fsp3) is 0.385. The van der Waals surface area contributed by atoms with Crippen LogP contribution >= 0.6 is 11.6 Å². The number of aliphatic hydroxyl groups excluding tert-OH is 1. The molecule has 1 aliphatic rings. The van der Waals surface area contributed by atoms with E-state index in [0.717, 1.165) is 22.3 Å². The van der Waals surface area contributed by atoms with E-state index >= 15 is 0 Å². The predicted octanol–water partition coefficient (Wildman–Crippen LogP) is 4.03. The van der Waals surface area contributed by atoms with Crippen molar-refractivity contribution in [2.24, 2.45) is 5.41 Å². The van der Waals surface area contributed by atoms with Crippen molar-refractivity contribution in [3.05, 3.63) is 74.3 Å². The highest BCUT2D eigenvalue weighted by Gasteiger charge is 2.33. The summed E-state index contributed by atoms with van der Waals surface area (Å²) in [6.45, 7) is 9.08. The number of aromatic hydroxyl groups is 1. The molecule has 0 spiro atoms. The third kappa shape index (κ3) is 4.26. The number of rotatable bonds is 7. The minimum Gasteiger partial charge on any atom is -0.493 e. The first-order chi connectivity index (χ1) is 16.1. The Balaban J connectivity index is 1.58. The van der Waals surface area contributed by atoms with Crippen LogP contribution in [0.15, 0.2) is 41.2 Å². The van der Waals surface area contributed by atoms with Crippen LogP contribution in [0.5, 0.6) is 5.88 Å². The van der Waals surface area contributed by atoms with Gasteiger partial charge in [-0.3, -0.25) is 13.9 Å². The maximum atomic E-state index is 12.9. The van der Waals surface area contributed by atoms with Gasteiger partial charge in [0.2, 0.25) is 5.88 Å². The van der Waals surface area contributed by atoms with Crippen LogP contribution < -0.4 is 5.69 Å². The summed E-state index contributed by atoms with van der Waals surface area (Å²) in [5, 5.41) is 20.2. The average Bonchev–Trinajstić information content (AvgIpc) is 3.22. The number of imidazole rings is 1. The Morgan fingerprint density at radius 1 is 1.06 bits per heavy atom. The van der Waals surface area contributed by atoms with Crippen LogP contribution in [0.3, 0.4) is 0 Å². The Bertz CT molecular complexity index is 1310. The van der Waals surface area contributed by atoms with E-state index in [1.807, 2.05) is 57.2 Å². The molecule has 7 nitrogen and oxygen atoms in total. The first-order valence-corrected chi connectivity index (χ1v) is 11.7. The molecule has 0 saturated heterocycles. The first kappa shape index (κ1) is 24.1. The molecule has 1 aromatic heterocycles. The van der Waals surface area contributed by atoms with E-state index in [1.54, 1.807) is 16.4 Å². The molecular weight excluding hydrogens is 454 g/mol. The van der Waals surface area contributed by atoms with Gasteiger partial charge in [0, 0.05) is 31.7 Å². The van der Waals surface area contributed by atoms with Gasteiger partial charge >= 0.3 is 5.69 Å². The Hall–Kier alpha value is -3.03. The minimum atomic E-state index is -0.391. The molecule has 2 heterocycles. The van der Waals surface area contributed by atoms with Crippen LogP contribution in [-0.2, 0) is 19.6 Å². The second kappa shape index (κ2) is 8.96. The first-order valence-electron chi connectivity index (χ1n) is 11.4. The number of hydrogen-bond donors (Lipinski definition) is 2. The summed E-state index contributed by atoms with van der Waals surface area (Å²) in [5.41, 5.74) is 4.13. The minimum absolute atomic E-state index is 0.00266. The molecule has 2 aromatic carbocycles. The van der Waals surface area contributed by atoms with Gasteiger partial charge in [0.15, 0.2) is 0 Å². The van der Waals surface area contributed by atoms with Crippen molar-refractivity contribution in [3.63, 3.8) is 0 Å². The number of nitrogens with zero attached hydrogens (tertiary/aromatic N) is 3. The number of aromatic nitrogens is 2. The number of carbonyl (C=O) groups excluding carboxylic acids is 1. The Labute approximate surface area is 203 Å². The highest BCUT2D eigenvalue weighted by Crippen LogP contribution is 2.35. The monoisotopic (exact) mass is 483 g/mol. The maximum absolute atomic E-state index is 12.9. The van der Waals surface area contributed by atoms with Gasteiger partial charge in [-0.25, -0.2) is 4.79 Å². The van der Waals surface area contributed by atoms with Gasteiger partial charge in [0.1, 0.15) is 0 Å². The van der Waals surface area contributed by atoms with Crippen molar-refractivity contribution in [2.75, 3.05) is 13.2 Å². The normalized spacial score (nSPS) is 13.6. The summed E-state index contributed by atoms with van der Waals surface area (Å²) in [7, 11) is 0. The van der Waals surface area contributed by atoms with Crippen LogP contribution in [0.1, 0.15) is 48.0 Å². The van der Waals surface area contributed by atoms with Crippen LogP contribution in [0.25, 0.3) is 11.1 Å². The molecule has 0 bridgehead atoms. The van der Waals surface area contributed by atoms with Gasteiger partial charge in [-0.05, 0) is 48.2 Å². The van der Waals surface area contributed by atoms with Gasteiger partial charge < -0.3 is 15.1 Å². The number of halogens is 1. The number of amides is 1. The molecular formula is C26H30ClN3O4. The van der Waals surface area contributed by atoms with Crippen LogP contribution in [0.2, 0.25) is 5.02 Å². The lowest BCUT2D eigenvalue weighted by Crippen LogP contribution is -2.36. The van der Waals surface area contributed by atoms with Crippen molar-refractivity contribution >= 4 is 17.5 Å². The fourth-order valence-electron chi connectivity index (χ4n) is 4.48. The summed E-state index contributed by atoms with van der Waals surface area (Å²) in [6, 6.07) is 11.6. The molecule has 3 aromatic rings. The lowest BCUT2D eigenvalue weighted by atomic mass is 9.94. The number of benzene rings is 2. The fourth-order valence-corrected chi connectivity index (χ4v) is 4.80. The number of carbonyl (C=O) groups is 1. The third-order valence-corrected chi connectivity index (χ3v) is 6.77. The van der Waals surface area contributed by atoms with E-state index in [4.69, 9.17) is 11.6 Å². The van der Waals surface area contributed by atoms with Crippen LogP contribution in [0, 0.1) is 12.3 Å². The average molecular weight is 484 g/mol. The molecule has 1 aliphatic heterocycles. The van der Waals surface area contributed by atoms with Gasteiger partial charge in [-0.1, -0.05) is 49.7 Å². The Kier molecular flexibility index (Phi) is 6.36. The molecule has 0 atom stereocenters. The molecule has 1 amide bonds. The number of aliphatic hydroxyl groups is 1. The zero-order valence-electron chi connectivity index (χ0n) is 19.9. The molecule has 0 radical (unpaired) electrons. The van der Waals surface area contributed by atoms with Crippen LogP contribution in [0.4, 0.5) is 0 Å². The lowest BCUT2D eigenvalue weighted by Gasteiger charge is -2.28. The summed E-state index contributed by atoms with van der Waals surface area (Å²) in [4.78, 5) is 27.2. The van der Waals surface area contributed by atoms with Crippen molar-refractivity contribution in [1.29, 1.82) is 0 Å². The van der Waals surface area contributed by atoms with Gasteiger partial charge in [0.05, 0.1) is 22.8 Å². The molecule has 34 heavy (non-hydrogen) atoms. The van der Waals surface area contributed by atoms with Crippen molar-refractivity contribution in [1.82, 2.24) is 14.0 Å². The highest BCUT2D eigenvalue weighted by atomic mass is 35.5. The second-order valence-corrected chi connectivity index (χ2v) is 10.1. The molecule has 8 heteroatoms. The maximum Gasteiger partial charge on any atom is 0.331 e. The predicted molar refractivity (Wildman–Crippen MR) is 132 cm³/mol. The SMILES string of the molecule is CCn1c(O)c(C)n(Cc2ccc(-c3cc(Cl)c4c(c3)CN(CC(C)(C)CO)C4=O)cc2)c1=O. The second-order valence-electron chi connectivity index (χ2n) is 9.69. The Morgan fingerprint density at radius 3 is 2.32 bits per heavy atom. The van der Waals surface area contributed by atoms with Gasteiger partial charge in [0.25, 0.3) is 5.91 Å². The molecule has 4 rings (SSSR count). The topological polar surface area (TPSA) is 87.7 Å². The zero-order chi connectivity index (χ0) is 24.8. The van der Waals surface area contributed by atoms with E-state index < -0.39 is 5.41 Å². The third-order valence-electron chi connectivity index (χ3n) is 6.47. The zero-order valence-corrected chi connectivity index (χ0v) is 20.7. The van der Waals surface area contributed by atoms with E-state index in [2.05, 4.69) is 0 Å². The highest BCUT2D eigenvalue weighted by molar-refractivity contribution is 6.34. The number of fused-ring (bicyclic) bond motifs is 1. The molecule has 0 unspecified atom stereocenters. The molecule has 180 valence electrons. The van der Waals surface area contributed by atoms with Crippen LogP contribution in [-0.4, -0.2) is 43.3 Å². The van der Waals surface area contributed by atoms with Crippen molar-refractivity contribution in [2.45, 2.75) is 47.3 Å². The van der Waals surface area contributed by atoms with E-state index in [-0.39, 0.29) is 24.1 Å². The standard InChI is InChI=1S/C26H30ClN3O4/c1-5-29-23(32)16(2)30(25(29)34)12-17-6-8-18(9-7-17)19-10-20-13-28(14-26(3,4)15-31)24(33)22(20)21(27)11-19/h6-11,31-32H,5,12-15H2,1-4H3. The largest absolute Gasteiger partial charge is 0.493 e. The van der Waals surface area contributed by atoms with Crippen molar-refractivity contribution in [3.8, 4) is 17.0 Å². The summed E-state index contributed by atoms with van der Waals surface area (Å²) >= 11 is 6.53. The smallest absolute Gasteiger partial charge is 0.331 e. The summed E-state index contributed by atoms with van der Waals surface area (Å²) in [6.07, 6.45) is 0. The van der Waals surface area contributed by atoms with E-state index in [9.17, 15) is 19.8 Å². The molecule has 0 fully saturated rings. The van der Waals surface area contributed by atoms with E-state index in [0.29, 0.717) is 42.5 Å². The number of hydrogen-bond acceptors (Lipinski definition) is 4. The van der Waals surface area contributed by atoms with Crippen molar-refractivity contribution < 1.29 is 15.0 Å². The molecule has 2 N–H and O–H groups in total. The Morgan fingerprint density at radius 2 is 1.74 bits per heavy atom. The van der Waals surface area contributed by atoms with Gasteiger partial charge in [-0.15, -0.1) is 0 Å². The lowest BCUT2D eigenvalue weighted by molar-refractivity contribution is 0.0625.